The summed E-state index contributed by atoms with van der Waals surface area (Å²) in [6.07, 6.45) is 0. The number of hydrogen-bond donors (Lipinski definition) is 2. The molecule has 5 nitrogen and oxygen atoms in total. The van der Waals surface area contributed by atoms with Gasteiger partial charge >= 0.3 is 0 Å². The molecule has 0 aliphatic rings. The second-order valence-corrected chi connectivity index (χ2v) is 4.04. The number of nitrogens with two attached hydrogens (primary N) is 1. The van der Waals surface area contributed by atoms with Crippen molar-refractivity contribution in [1.29, 1.82) is 0 Å². The maximum absolute atomic E-state index is 11.9. The molecule has 0 aliphatic heterocycles. The van der Waals surface area contributed by atoms with E-state index in [0.29, 0.717) is 5.75 Å². The Labute approximate surface area is 116 Å². The Morgan fingerprint density at radius 1 is 1.00 bits per heavy atom. The van der Waals surface area contributed by atoms with Crippen LogP contribution in [0.1, 0.15) is 20.7 Å². The molecule has 0 aromatic heterocycles. The summed E-state index contributed by atoms with van der Waals surface area (Å²) in [5.41, 5.74) is 5.75. The number of primary amides is 1. The van der Waals surface area contributed by atoms with Gasteiger partial charge in [-0.3, -0.25) is 9.59 Å². The second kappa shape index (κ2) is 5.88. The van der Waals surface area contributed by atoms with E-state index in [0.717, 1.165) is 0 Å². The molecule has 5 heteroatoms. The Morgan fingerprint density at radius 2 is 1.65 bits per heavy atom. The lowest BCUT2D eigenvalue weighted by atomic mass is 10.1. The minimum atomic E-state index is -0.651. The SMILES string of the molecule is CNC(=O)c1cccc(C(N)=O)c1Oc1ccccc1. The molecule has 20 heavy (non-hydrogen) atoms. The monoisotopic (exact) mass is 270 g/mol. The van der Waals surface area contributed by atoms with Gasteiger partial charge in [0, 0.05) is 7.05 Å². The van der Waals surface area contributed by atoms with Crippen molar-refractivity contribution in [2.24, 2.45) is 5.73 Å². The van der Waals surface area contributed by atoms with Gasteiger partial charge in [-0.25, -0.2) is 0 Å². The number of ether oxygens (including phenoxy) is 1. The summed E-state index contributed by atoms with van der Waals surface area (Å²) < 4.78 is 5.66. The van der Waals surface area contributed by atoms with Crippen molar-refractivity contribution >= 4 is 11.8 Å². The minimum Gasteiger partial charge on any atom is -0.456 e. The summed E-state index contributed by atoms with van der Waals surface area (Å²) in [6.45, 7) is 0. The van der Waals surface area contributed by atoms with E-state index in [1.54, 1.807) is 36.4 Å². The molecule has 0 spiro atoms. The van der Waals surface area contributed by atoms with Crippen molar-refractivity contribution in [2.75, 3.05) is 7.05 Å². The van der Waals surface area contributed by atoms with Crippen molar-refractivity contribution in [3.8, 4) is 11.5 Å². The number of benzene rings is 2. The van der Waals surface area contributed by atoms with Crippen LogP contribution in [0, 0.1) is 0 Å². The molecular formula is C15H14N2O3. The molecular weight excluding hydrogens is 256 g/mol. The van der Waals surface area contributed by atoms with Crippen LogP contribution in [-0.4, -0.2) is 18.9 Å². The van der Waals surface area contributed by atoms with Crippen LogP contribution < -0.4 is 15.8 Å². The van der Waals surface area contributed by atoms with Gasteiger partial charge < -0.3 is 15.8 Å². The van der Waals surface area contributed by atoms with Gasteiger partial charge in [0.05, 0.1) is 11.1 Å². The van der Waals surface area contributed by atoms with Crippen LogP contribution in [0.3, 0.4) is 0 Å². The fourth-order valence-corrected chi connectivity index (χ4v) is 1.76. The molecule has 2 aromatic rings. The quantitative estimate of drug-likeness (QED) is 0.890. The summed E-state index contributed by atoms with van der Waals surface area (Å²) in [5, 5.41) is 2.50. The summed E-state index contributed by atoms with van der Waals surface area (Å²) in [6, 6.07) is 13.6. The third-order valence-corrected chi connectivity index (χ3v) is 2.72. The predicted octanol–water partition coefficient (Wildman–Crippen LogP) is 1.94. The summed E-state index contributed by atoms with van der Waals surface area (Å²) in [4.78, 5) is 23.3. The van der Waals surface area contributed by atoms with Gasteiger partial charge in [-0.15, -0.1) is 0 Å². The van der Waals surface area contributed by atoms with Crippen LogP contribution in [-0.2, 0) is 0 Å². The number of hydrogen-bond acceptors (Lipinski definition) is 3. The number of nitrogens with one attached hydrogen (secondary N) is 1. The normalized spacial score (nSPS) is 9.85. The largest absolute Gasteiger partial charge is 0.456 e. The molecule has 0 radical (unpaired) electrons. The lowest BCUT2D eigenvalue weighted by Crippen LogP contribution is -2.21. The third-order valence-electron chi connectivity index (χ3n) is 2.72. The molecule has 0 heterocycles. The molecule has 102 valence electrons. The maximum atomic E-state index is 11.9. The molecule has 0 fully saturated rings. The number of para-hydroxylation sites is 2. The van der Waals surface area contributed by atoms with Gasteiger partial charge in [-0.1, -0.05) is 24.3 Å². The summed E-state index contributed by atoms with van der Waals surface area (Å²) in [7, 11) is 1.51. The van der Waals surface area contributed by atoms with E-state index in [9.17, 15) is 9.59 Å². The van der Waals surface area contributed by atoms with Crippen LogP contribution in [0.4, 0.5) is 0 Å². The first-order chi connectivity index (χ1) is 9.63. The number of rotatable bonds is 4. The highest BCUT2D eigenvalue weighted by Crippen LogP contribution is 2.29. The highest BCUT2D eigenvalue weighted by Gasteiger charge is 2.19. The molecule has 2 rings (SSSR count). The lowest BCUT2D eigenvalue weighted by Gasteiger charge is -2.13. The van der Waals surface area contributed by atoms with E-state index in [1.807, 2.05) is 6.07 Å². The van der Waals surface area contributed by atoms with Crippen LogP contribution in [0.25, 0.3) is 0 Å². The number of carbonyl (C=O) groups is 2. The molecule has 3 N–H and O–H groups in total. The van der Waals surface area contributed by atoms with Crippen LogP contribution in [0.2, 0.25) is 0 Å². The van der Waals surface area contributed by atoms with E-state index < -0.39 is 5.91 Å². The lowest BCUT2D eigenvalue weighted by molar-refractivity contribution is 0.0961. The van der Waals surface area contributed by atoms with Gasteiger partial charge in [0.15, 0.2) is 5.75 Å². The minimum absolute atomic E-state index is 0.158. The van der Waals surface area contributed by atoms with Crippen molar-refractivity contribution in [3.63, 3.8) is 0 Å². The van der Waals surface area contributed by atoms with E-state index in [4.69, 9.17) is 10.5 Å². The molecule has 0 unspecified atom stereocenters. The Kier molecular flexibility index (Phi) is 4.00. The fraction of sp³-hybridized carbons (Fsp3) is 0.0667. The van der Waals surface area contributed by atoms with Crippen LogP contribution in [0.5, 0.6) is 11.5 Å². The molecule has 0 saturated heterocycles. The standard InChI is InChI=1S/C15H14N2O3/c1-17-15(19)12-9-5-8-11(14(16)18)13(12)20-10-6-3-2-4-7-10/h2-9H,1H3,(H2,16,18)(H,17,19). The van der Waals surface area contributed by atoms with Crippen molar-refractivity contribution in [1.82, 2.24) is 5.32 Å². The van der Waals surface area contributed by atoms with Crippen LogP contribution in [0.15, 0.2) is 48.5 Å². The first-order valence-electron chi connectivity index (χ1n) is 6.01. The van der Waals surface area contributed by atoms with E-state index in [2.05, 4.69) is 5.32 Å². The zero-order valence-corrected chi connectivity index (χ0v) is 10.9. The van der Waals surface area contributed by atoms with Gasteiger partial charge in [0.2, 0.25) is 0 Å². The fourth-order valence-electron chi connectivity index (χ4n) is 1.76. The third kappa shape index (κ3) is 2.77. The molecule has 2 aromatic carbocycles. The number of carbonyl (C=O) groups excluding carboxylic acids is 2. The molecule has 0 atom stereocenters. The first kappa shape index (κ1) is 13.6. The van der Waals surface area contributed by atoms with Gasteiger partial charge in [0.1, 0.15) is 5.75 Å². The highest BCUT2D eigenvalue weighted by molar-refractivity contribution is 6.03. The number of amides is 2. The van der Waals surface area contributed by atoms with Gasteiger partial charge in [-0.05, 0) is 24.3 Å². The average Bonchev–Trinajstić information content (AvgIpc) is 2.47. The van der Waals surface area contributed by atoms with Crippen molar-refractivity contribution in [3.05, 3.63) is 59.7 Å². The maximum Gasteiger partial charge on any atom is 0.254 e. The smallest absolute Gasteiger partial charge is 0.254 e. The van der Waals surface area contributed by atoms with E-state index in [-0.39, 0.29) is 22.8 Å². The Bertz CT molecular complexity index is 639. The van der Waals surface area contributed by atoms with Crippen molar-refractivity contribution < 1.29 is 14.3 Å². The molecule has 2 amide bonds. The van der Waals surface area contributed by atoms with Gasteiger partial charge in [0.25, 0.3) is 11.8 Å². The molecule has 0 bridgehead atoms. The molecule has 0 saturated carbocycles. The van der Waals surface area contributed by atoms with Gasteiger partial charge in [-0.2, -0.15) is 0 Å². The second-order valence-electron chi connectivity index (χ2n) is 4.04. The van der Waals surface area contributed by atoms with Crippen LogP contribution >= 0.6 is 0 Å². The van der Waals surface area contributed by atoms with Crippen molar-refractivity contribution in [2.45, 2.75) is 0 Å². The Balaban J connectivity index is 2.52. The first-order valence-corrected chi connectivity index (χ1v) is 6.01. The topological polar surface area (TPSA) is 81.4 Å². The summed E-state index contributed by atoms with van der Waals surface area (Å²) in [5.74, 6) is -0.322. The summed E-state index contributed by atoms with van der Waals surface area (Å²) >= 11 is 0. The Morgan fingerprint density at radius 3 is 2.25 bits per heavy atom. The zero-order valence-electron chi connectivity index (χ0n) is 10.9. The highest BCUT2D eigenvalue weighted by atomic mass is 16.5. The molecule has 0 aliphatic carbocycles. The Hall–Kier alpha value is -2.82. The predicted molar refractivity (Wildman–Crippen MR) is 74.9 cm³/mol. The van der Waals surface area contributed by atoms with E-state index in [1.165, 1.54) is 13.1 Å². The average molecular weight is 270 g/mol. The zero-order chi connectivity index (χ0) is 14.5. The van der Waals surface area contributed by atoms with E-state index >= 15 is 0 Å².